The summed E-state index contributed by atoms with van der Waals surface area (Å²) >= 11 is 0. The monoisotopic (exact) mass is 489 g/mol. The number of nitrogens with zero attached hydrogens (tertiary/aromatic N) is 2. The van der Waals surface area contributed by atoms with Crippen molar-refractivity contribution in [1.29, 1.82) is 0 Å². The molecule has 7 nitrogen and oxygen atoms in total. The third-order valence-electron chi connectivity index (χ3n) is 8.31. The van der Waals surface area contributed by atoms with Gasteiger partial charge in [0.1, 0.15) is 22.7 Å². The van der Waals surface area contributed by atoms with Gasteiger partial charge in [-0.1, -0.05) is 44.9 Å². The van der Waals surface area contributed by atoms with E-state index in [1.54, 1.807) is 18.3 Å². The van der Waals surface area contributed by atoms with Crippen LogP contribution in [0, 0.1) is 11.8 Å². The van der Waals surface area contributed by atoms with Gasteiger partial charge in [0.25, 0.3) is 5.91 Å². The molecular weight excluding hydrogens is 454 g/mol. The number of furan rings is 1. The Balaban J connectivity index is 1.54. The van der Waals surface area contributed by atoms with E-state index >= 15 is 0 Å². The summed E-state index contributed by atoms with van der Waals surface area (Å²) in [5, 5.41) is 3.35. The molecule has 5 rings (SSSR count). The average Bonchev–Trinajstić information content (AvgIpc) is 3.55. The van der Waals surface area contributed by atoms with E-state index in [4.69, 9.17) is 9.15 Å². The van der Waals surface area contributed by atoms with Crippen LogP contribution in [-0.4, -0.2) is 40.0 Å². The molecule has 1 N–H and O–H groups in total. The van der Waals surface area contributed by atoms with Gasteiger partial charge in [0.15, 0.2) is 0 Å². The van der Waals surface area contributed by atoms with Crippen molar-refractivity contribution in [2.24, 2.45) is 11.8 Å². The molecule has 1 saturated carbocycles. The Kier molecular flexibility index (Phi) is 6.41. The smallest absolute Gasteiger partial charge is 0.271 e. The molecule has 3 aromatic rings. The van der Waals surface area contributed by atoms with Crippen molar-refractivity contribution < 1.29 is 18.7 Å². The SMILES string of the molecule is COc1ccccc1CN1C(=O)c2ccc(-c3ccco3)n2C[C@]1(C)C(=O)N[C@@H]1CCC[C@@H](C)[C@H]1C. The highest BCUT2D eigenvalue weighted by molar-refractivity contribution is 6.00. The molecule has 1 aliphatic carbocycles. The normalized spacial score (nSPS) is 25.9. The van der Waals surface area contributed by atoms with Gasteiger partial charge in [0, 0.05) is 11.6 Å². The maximum absolute atomic E-state index is 14.1. The van der Waals surface area contributed by atoms with E-state index in [0.717, 1.165) is 24.1 Å². The van der Waals surface area contributed by atoms with E-state index in [9.17, 15) is 9.59 Å². The standard InChI is InChI=1S/C29H35N3O4/c1-19-9-7-11-22(20(19)2)30-28(34)29(3)18-31-23(26-13-8-16-36-26)14-15-24(31)27(33)32(29)17-21-10-5-6-12-25(21)35-4/h5-6,8,10,12-16,19-20,22H,7,9,11,17-18H2,1-4H3,(H,30,34)/t19-,20-,22-,29-/m1/s1. The molecule has 190 valence electrons. The molecule has 7 heteroatoms. The summed E-state index contributed by atoms with van der Waals surface area (Å²) in [5.41, 5.74) is 1.09. The number of amides is 2. The zero-order valence-electron chi connectivity index (χ0n) is 21.5. The summed E-state index contributed by atoms with van der Waals surface area (Å²) in [6.07, 6.45) is 4.86. The Bertz CT molecular complexity index is 1250. The minimum Gasteiger partial charge on any atom is -0.496 e. The van der Waals surface area contributed by atoms with Crippen LogP contribution in [0.2, 0.25) is 0 Å². The fraction of sp³-hybridized carbons (Fsp3) is 0.448. The molecule has 0 bridgehead atoms. The fourth-order valence-electron chi connectivity index (χ4n) is 5.77. The lowest BCUT2D eigenvalue weighted by atomic mass is 9.77. The highest BCUT2D eigenvalue weighted by Crippen LogP contribution is 2.36. The number of nitrogens with one attached hydrogen (secondary N) is 1. The van der Waals surface area contributed by atoms with Gasteiger partial charge < -0.3 is 23.9 Å². The van der Waals surface area contributed by atoms with Gasteiger partial charge in [0.05, 0.1) is 32.2 Å². The summed E-state index contributed by atoms with van der Waals surface area (Å²) in [5.74, 6) is 1.99. The Hall–Kier alpha value is -3.48. The summed E-state index contributed by atoms with van der Waals surface area (Å²) in [6, 6.07) is 15.1. The van der Waals surface area contributed by atoms with E-state index in [1.165, 1.54) is 6.42 Å². The largest absolute Gasteiger partial charge is 0.496 e. The molecule has 1 fully saturated rings. The molecule has 0 saturated heterocycles. The quantitative estimate of drug-likeness (QED) is 0.522. The molecule has 4 atom stereocenters. The van der Waals surface area contributed by atoms with Crippen molar-refractivity contribution in [2.45, 2.75) is 64.7 Å². The Morgan fingerprint density at radius 1 is 1.11 bits per heavy atom. The number of aromatic nitrogens is 1. The minimum absolute atomic E-state index is 0.0943. The van der Waals surface area contributed by atoms with Crippen molar-refractivity contribution in [3.8, 4) is 17.2 Å². The lowest BCUT2D eigenvalue weighted by Crippen LogP contribution is -2.65. The first kappa shape index (κ1) is 24.2. The van der Waals surface area contributed by atoms with Gasteiger partial charge >= 0.3 is 0 Å². The zero-order valence-corrected chi connectivity index (χ0v) is 21.5. The summed E-state index contributed by atoms with van der Waals surface area (Å²) in [6.45, 7) is 6.94. The van der Waals surface area contributed by atoms with E-state index in [1.807, 2.05) is 60.0 Å². The molecular formula is C29H35N3O4. The summed E-state index contributed by atoms with van der Waals surface area (Å²) in [7, 11) is 1.62. The number of benzene rings is 1. The van der Waals surface area contributed by atoms with Crippen molar-refractivity contribution >= 4 is 11.8 Å². The maximum atomic E-state index is 14.1. The third-order valence-corrected chi connectivity index (χ3v) is 8.31. The van der Waals surface area contributed by atoms with Crippen LogP contribution in [0.3, 0.4) is 0 Å². The van der Waals surface area contributed by atoms with Crippen molar-refractivity contribution in [3.05, 3.63) is 66.1 Å². The second kappa shape index (κ2) is 9.52. The highest BCUT2D eigenvalue weighted by atomic mass is 16.5. The molecule has 36 heavy (non-hydrogen) atoms. The first-order valence-corrected chi connectivity index (χ1v) is 12.8. The lowest BCUT2D eigenvalue weighted by Gasteiger charge is -2.46. The van der Waals surface area contributed by atoms with Crippen LogP contribution in [-0.2, 0) is 17.9 Å². The van der Waals surface area contributed by atoms with Gasteiger partial charge in [-0.25, -0.2) is 0 Å². The molecule has 3 heterocycles. The Morgan fingerprint density at radius 2 is 1.89 bits per heavy atom. The number of rotatable bonds is 6. The van der Waals surface area contributed by atoms with Crippen LogP contribution in [0.4, 0.5) is 0 Å². The highest BCUT2D eigenvalue weighted by Gasteiger charge is 2.49. The van der Waals surface area contributed by atoms with Gasteiger partial charge in [-0.05, 0) is 55.5 Å². The molecule has 0 radical (unpaired) electrons. The van der Waals surface area contributed by atoms with Gasteiger partial charge in [-0.2, -0.15) is 0 Å². The first-order valence-electron chi connectivity index (χ1n) is 12.8. The number of carbonyl (C=O) groups excluding carboxylic acids is 2. The number of hydrogen-bond acceptors (Lipinski definition) is 4. The Morgan fingerprint density at radius 3 is 2.64 bits per heavy atom. The van der Waals surface area contributed by atoms with Crippen molar-refractivity contribution in [3.63, 3.8) is 0 Å². The fourth-order valence-corrected chi connectivity index (χ4v) is 5.77. The van der Waals surface area contributed by atoms with E-state index < -0.39 is 5.54 Å². The average molecular weight is 490 g/mol. The van der Waals surface area contributed by atoms with Crippen LogP contribution in [0.1, 0.15) is 56.1 Å². The molecule has 2 amide bonds. The lowest BCUT2D eigenvalue weighted by molar-refractivity contribution is -0.134. The number of methoxy groups -OCH3 is 1. The summed E-state index contributed by atoms with van der Waals surface area (Å²) < 4.78 is 13.1. The Labute approximate surface area is 212 Å². The number of carbonyl (C=O) groups is 2. The van der Waals surface area contributed by atoms with Gasteiger partial charge in [-0.15, -0.1) is 0 Å². The number of hydrogen-bond donors (Lipinski definition) is 1. The molecule has 2 aromatic heterocycles. The second-order valence-electron chi connectivity index (χ2n) is 10.5. The number of fused-ring (bicyclic) bond motifs is 1. The minimum atomic E-state index is -1.11. The summed E-state index contributed by atoms with van der Waals surface area (Å²) in [4.78, 5) is 29.8. The third kappa shape index (κ3) is 4.10. The van der Waals surface area contributed by atoms with Crippen molar-refractivity contribution in [2.75, 3.05) is 7.11 Å². The topological polar surface area (TPSA) is 76.7 Å². The molecule has 0 spiro atoms. The van der Waals surface area contributed by atoms with Gasteiger partial charge in [-0.3, -0.25) is 9.59 Å². The predicted octanol–water partition coefficient (Wildman–Crippen LogP) is 5.11. The van der Waals surface area contributed by atoms with Crippen LogP contribution in [0.15, 0.2) is 59.2 Å². The number of para-hydroxylation sites is 1. The van der Waals surface area contributed by atoms with Crippen molar-refractivity contribution in [1.82, 2.24) is 14.8 Å². The molecule has 1 aliphatic heterocycles. The molecule has 0 unspecified atom stereocenters. The van der Waals surface area contributed by atoms with Crippen LogP contribution in [0.5, 0.6) is 5.75 Å². The predicted molar refractivity (Wildman–Crippen MR) is 138 cm³/mol. The van der Waals surface area contributed by atoms with E-state index in [2.05, 4.69) is 19.2 Å². The van der Waals surface area contributed by atoms with E-state index in [0.29, 0.717) is 35.6 Å². The second-order valence-corrected chi connectivity index (χ2v) is 10.5. The van der Waals surface area contributed by atoms with Crippen LogP contribution >= 0.6 is 0 Å². The van der Waals surface area contributed by atoms with Crippen LogP contribution in [0.25, 0.3) is 11.5 Å². The first-order chi connectivity index (χ1) is 17.3. The molecule has 2 aliphatic rings. The van der Waals surface area contributed by atoms with E-state index in [-0.39, 0.29) is 24.4 Å². The molecule has 1 aromatic carbocycles. The van der Waals surface area contributed by atoms with Crippen LogP contribution < -0.4 is 10.1 Å². The number of ether oxygens (including phenoxy) is 1. The zero-order chi connectivity index (χ0) is 25.4. The maximum Gasteiger partial charge on any atom is 0.271 e. The van der Waals surface area contributed by atoms with Gasteiger partial charge in [0.2, 0.25) is 5.91 Å².